The van der Waals surface area contributed by atoms with Gasteiger partial charge >= 0.3 is 0 Å². The van der Waals surface area contributed by atoms with E-state index in [0.717, 1.165) is 41.1 Å². The van der Waals surface area contributed by atoms with Crippen molar-refractivity contribution in [1.82, 2.24) is 9.55 Å². The third kappa shape index (κ3) is 2.41. The van der Waals surface area contributed by atoms with Gasteiger partial charge in [-0.2, -0.15) is 0 Å². The Morgan fingerprint density at radius 2 is 1.87 bits per heavy atom. The van der Waals surface area contributed by atoms with E-state index in [0.29, 0.717) is 12.3 Å². The molecule has 0 spiro atoms. The van der Waals surface area contributed by atoms with Gasteiger partial charge in [0.25, 0.3) is 0 Å². The monoisotopic (exact) mass is 313 g/mol. The smallest absolute Gasteiger partial charge is 0.231 e. The Morgan fingerprint density at radius 1 is 1.13 bits per heavy atom. The van der Waals surface area contributed by atoms with Gasteiger partial charge in [0.15, 0.2) is 11.5 Å². The fraction of sp³-hybridized carbons (Fsp3) is 0.235. The van der Waals surface area contributed by atoms with E-state index in [9.17, 15) is 4.39 Å². The van der Waals surface area contributed by atoms with Crippen LogP contribution in [0.25, 0.3) is 22.4 Å². The Morgan fingerprint density at radius 3 is 2.61 bits per heavy atom. The normalized spacial score (nSPS) is 13.0. The van der Waals surface area contributed by atoms with Crippen molar-refractivity contribution in [2.45, 2.75) is 13.0 Å². The molecule has 0 unspecified atom stereocenters. The molecule has 0 saturated heterocycles. The second-order valence-corrected chi connectivity index (χ2v) is 5.43. The summed E-state index contributed by atoms with van der Waals surface area (Å²) in [5.74, 6) is 1.94. The molecule has 2 N–H and O–H groups in total. The molecule has 5 nitrogen and oxygen atoms in total. The number of imidazole rings is 1. The number of hydrogen-bond donors (Lipinski definition) is 1. The Balaban J connectivity index is 1.89. The highest BCUT2D eigenvalue weighted by Gasteiger charge is 2.19. The highest BCUT2D eigenvalue weighted by molar-refractivity contribution is 5.84. The standard InChI is InChI=1S/C17H16FN3O2/c18-12-4-2-11(3-5-12)17-20-13-8-15-16(23-10-22-15)9-14(13)21(17)7-1-6-19/h2-5,8-9H,1,6-7,10,19H2. The van der Waals surface area contributed by atoms with Gasteiger partial charge < -0.3 is 19.8 Å². The summed E-state index contributed by atoms with van der Waals surface area (Å²) in [6, 6.07) is 10.2. The minimum atomic E-state index is -0.265. The zero-order valence-electron chi connectivity index (χ0n) is 12.5. The maximum absolute atomic E-state index is 13.2. The lowest BCUT2D eigenvalue weighted by molar-refractivity contribution is 0.174. The van der Waals surface area contributed by atoms with Crippen LogP contribution in [0.4, 0.5) is 4.39 Å². The van der Waals surface area contributed by atoms with Crippen LogP contribution < -0.4 is 15.2 Å². The van der Waals surface area contributed by atoms with Crippen LogP contribution >= 0.6 is 0 Å². The summed E-state index contributed by atoms with van der Waals surface area (Å²) < 4.78 is 26.2. The summed E-state index contributed by atoms with van der Waals surface area (Å²) in [7, 11) is 0. The third-order valence-electron chi connectivity index (χ3n) is 3.93. The van der Waals surface area contributed by atoms with Crippen LogP contribution in [0.5, 0.6) is 11.5 Å². The van der Waals surface area contributed by atoms with Crippen LogP contribution in [-0.2, 0) is 6.54 Å². The van der Waals surface area contributed by atoms with Crippen LogP contribution in [0.15, 0.2) is 36.4 Å². The van der Waals surface area contributed by atoms with E-state index < -0.39 is 0 Å². The number of nitrogens with two attached hydrogens (primary N) is 1. The SMILES string of the molecule is NCCCn1c(-c2ccc(F)cc2)nc2cc3c(cc21)OCO3. The number of hydrogen-bond acceptors (Lipinski definition) is 4. The molecule has 1 aliphatic heterocycles. The van der Waals surface area contributed by atoms with Gasteiger partial charge in [0.05, 0.1) is 11.0 Å². The minimum Gasteiger partial charge on any atom is -0.454 e. The van der Waals surface area contributed by atoms with E-state index in [1.54, 1.807) is 12.1 Å². The van der Waals surface area contributed by atoms with Crippen LogP contribution in [0, 0.1) is 5.82 Å². The zero-order valence-corrected chi connectivity index (χ0v) is 12.5. The summed E-state index contributed by atoms with van der Waals surface area (Å²) in [6.45, 7) is 1.56. The first-order valence-electron chi connectivity index (χ1n) is 7.52. The zero-order chi connectivity index (χ0) is 15.8. The molecular formula is C17H16FN3O2. The van der Waals surface area contributed by atoms with Gasteiger partial charge in [-0.3, -0.25) is 0 Å². The molecule has 0 fully saturated rings. The predicted octanol–water partition coefficient (Wildman–Crippen LogP) is 2.92. The molecule has 2 heterocycles. The number of ether oxygens (including phenoxy) is 2. The van der Waals surface area contributed by atoms with Gasteiger partial charge in [0.1, 0.15) is 11.6 Å². The molecule has 1 aromatic heterocycles. The lowest BCUT2D eigenvalue weighted by atomic mass is 10.2. The molecule has 2 aromatic carbocycles. The third-order valence-corrected chi connectivity index (χ3v) is 3.93. The summed E-state index contributed by atoms with van der Waals surface area (Å²) in [5.41, 5.74) is 8.31. The topological polar surface area (TPSA) is 62.3 Å². The molecule has 0 saturated carbocycles. The summed E-state index contributed by atoms with van der Waals surface area (Å²) in [5, 5.41) is 0. The van der Waals surface area contributed by atoms with Gasteiger partial charge in [0, 0.05) is 24.2 Å². The first-order valence-corrected chi connectivity index (χ1v) is 7.52. The number of benzene rings is 2. The van der Waals surface area contributed by atoms with Gasteiger partial charge in [-0.1, -0.05) is 0 Å². The molecular weight excluding hydrogens is 297 g/mol. The number of halogens is 1. The van der Waals surface area contributed by atoms with Crippen LogP contribution in [0.2, 0.25) is 0 Å². The average molecular weight is 313 g/mol. The van der Waals surface area contributed by atoms with Crippen molar-refractivity contribution >= 4 is 11.0 Å². The van der Waals surface area contributed by atoms with Gasteiger partial charge in [0.2, 0.25) is 6.79 Å². The Kier molecular flexibility index (Phi) is 3.38. The van der Waals surface area contributed by atoms with E-state index in [1.165, 1.54) is 12.1 Å². The average Bonchev–Trinajstić information content (AvgIpc) is 3.15. The van der Waals surface area contributed by atoms with Crippen molar-refractivity contribution in [2.75, 3.05) is 13.3 Å². The molecule has 118 valence electrons. The summed E-state index contributed by atoms with van der Waals surface area (Å²) >= 11 is 0. The molecule has 0 atom stereocenters. The van der Waals surface area contributed by atoms with Crippen molar-refractivity contribution < 1.29 is 13.9 Å². The van der Waals surface area contributed by atoms with Crippen LogP contribution in [-0.4, -0.2) is 22.9 Å². The van der Waals surface area contributed by atoms with E-state index in [1.807, 2.05) is 12.1 Å². The number of aryl methyl sites for hydroxylation is 1. The number of rotatable bonds is 4. The van der Waals surface area contributed by atoms with Crippen molar-refractivity contribution in [2.24, 2.45) is 5.73 Å². The van der Waals surface area contributed by atoms with Crippen molar-refractivity contribution in [3.63, 3.8) is 0 Å². The van der Waals surface area contributed by atoms with Gasteiger partial charge in [-0.05, 0) is 37.2 Å². The lowest BCUT2D eigenvalue weighted by Crippen LogP contribution is -2.07. The van der Waals surface area contributed by atoms with Gasteiger partial charge in [-0.25, -0.2) is 9.37 Å². The largest absolute Gasteiger partial charge is 0.454 e. The van der Waals surface area contributed by atoms with Crippen LogP contribution in [0.3, 0.4) is 0 Å². The fourth-order valence-corrected chi connectivity index (χ4v) is 2.81. The molecule has 1 aliphatic rings. The molecule has 0 bridgehead atoms. The first kappa shape index (κ1) is 14.0. The summed E-state index contributed by atoms with van der Waals surface area (Å²) in [6.07, 6.45) is 0.827. The second kappa shape index (κ2) is 5.55. The molecule has 4 rings (SSSR count). The minimum absolute atomic E-state index is 0.232. The van der Waals surface area contributed by atoms with Crippen molar-refractivity contribution in [1.29, 1.82) is 0 Å². The molecule has 23 heavy (non-hydrogen) atoms. The van der Waals surface area contributed by atoms with E-state index in [4.69, 9.17) is 20.2 Å². The van der Waals surface area contributed by atoms with E-state index >= 15 is 0 Å². The number of nitrogens with zero attached hydrogens (tertiary/aromatic N) is 2. The second-order valence-electron chi connectivity index (χ2n) is 5.43. The number of aromatic nitrogens is 2. The molecule has 0 amide bonds. The first-order chi connectivity index (χ1) is 11.3. The maximum atomic E-state index is 13.2. The quantitative estimate of drug-likeness (QED) is 0.804. The lowest BCUT2D eigenvalue weighted by Gasteiger charge is -2.09. The van der Waals surface area contributed by atoms with E-state index in [-0.39, 0.29) is 12.6 Å². The van der Waals surface area contributed by atoms with Crippen molar-refractivity contribution in [3.8, 4) is 22.9 Å². The highest BCUT2D eigenvalue weighted by atomic mass is 19.1. The van der Waals surface area contributed by atoms with Gasteiger partial charge in [-0.15, -0.1) is 0 Å². The molecule has 3 aromatic rings. The Hall–Kier alpha value is -2.60. The predicted molar refractivity (Wildman–Crippen MR) is 84.9 cm³/mol. The molecule has 0 aliphatic carbocycles. The van der Waals surface area contributed by atoms with Crippen LogP contribution in [0.1, 0.15) is 6.42 Å². The molecule has 6 heteroatoms. The fourth-order valence-electron chi connectivity index (χ4n) is 2.81. The summed E-state index contributed by atoms with van der Waals surface area (Å²) in [4.78, 5) is 4.71. The van der Waals surface area contributed by atoms with E-state index in [2.05, 4.69) is 4.57 Å². The molecule has 0 radical (unpaired) electrons. The Labute approximate surface area is 132 Å². The highest BCUT2D eigenvalue weighted by Crippen LogP contribution is 2.37. The van der Waals surface area contributed by atoms with Crippen molar-refractivity contribution in [3.05, 3.63) is 42.2 Å². The Bertz CT molecular complexity index is 858. The number of fused-ring (bicyclic) bond motifs is 2. The maximum Gasteiger partial charge on any atom is 0.231 e.